The zero-order valence-electron chi connectivity index (χ0n) is 19.1. The number of anilines is 1. The van der Waals surface area contributed by atoms with E-state index in [4.69, 9.17) is 4.74 Å². The Labute approximate surface area is 195 Å². The lowest BCUT2D eigenvalue weighted by molar-refractivity contribution is -0.122. The largest absolute Gasteiger partial charge is 0.481 e. The number of fused-ring (bicyclic) bond motifs is 1. The normalized spacial score (nSPS) is 14.5. The number of hydrogen-bond donors (Lipinski definition) is 2. The summed E-state index contributed by atoms with van der Waals surface area (Å²) in [7, 11) is 0. The molecule has 1 aliphatic rings. The Morgan fingerprint density at radius 1 is 0.848 bits per heavy atom. The molecule has 2 amide bonds. The standard InChI is InChI=1S/C28H30N2O3/c1-19(21-10-4-3-5-11-21)29-28(32)25-14-8-9-15-26(25)30-27(31)20(2)33-24-17-16-22-12-6-7-13-23(22)18-24/h3-5,8-11,14-20H,6-7,12-13H2,1-2H3,(H,29,32)(H,30,31)/t19-,20-/m0/s1. The number of para-hydroxylation sites is 1. The first-order valence-corrected chi connectivity index (χ1v) is 11.6. The second kappa shape index (κ2) is 10.3. The number of nitrogens with one attached hydrogen (secondary N) is 2. The Balaban J connectivity index is 1.41. The van der Waals surface area contributed by atoms with E-state index in [9.17, 15) is 9.59 Å². The van der Waals surface area contributed by atoms with Gasteiger partial charge in [0.25, 0.3) is 11.8 Å². The Hall–Kier alpha value is -3.60. The molecule has 2 N–H and O–H groups in total. The number of carbonyl (C=O) groups excluding carboxylic acids is 2. The van der Waals surface area contributed by atoms with Gasteiger partial charge in [0.2, 0.25) is 0 Å². The molecule has 0 bridgehead atoms. The predicted molar refractivity (Wildman–Crippen MR) is 131 cm³/mol. The predicted octanol–water partition coefficient (Wildman–Crippen LogP) is 5.46. The number of amides is 2. The smallest absolute Gasteiger partial charge is 0.265 e. The van der Waals surface area contributed by atoms with Crippen molar-refractivity contribution in [3.8, 4) is 5.75 Å². The second-order valence-electron chi connectivity index (χ2n) is 8.54. The molecule has 2 atom stereocenters. The third-order valence-electron chi connectivity index (χ3n) is 6.08. The van der Waals surface area contributed by atoms with E-state index >= 15 is 0 Å². The summed E-state index contributed by atoms with van der Waals surface area (Å²) in [5.41, 5.74) is 4.56. The third-order valence-corrected chi connectivity index (χ3v) is 6.08. The molecule has 3 aromatic carbocycles. The SMILES string of the molecule is C[C@H](Oc1ccc2c(c1)CCCC2)C(=O)Nc1ccccc1C(=O)N[C@@H](C)c1ccccc1. The summed E-state index contributed by atoms with van der Waals surface area (Å²) in [6.45, 7) is 3.65. The summed E-state index contributed by atoms with van der Waals surface area (Å²) >= 11 is 0. The molecular weight excluding hydrogens is 412 g/mol. The van der Waals surface area contributed by atoms with Crippen molar-refractivity contribution in [3.05, 3.63) is 95.1 Å². The molecule has 170 valence electrons. The first-order valence-electron chi connectivity index (χ1n) is 11.6. The minimum absolute atomic E-state index is 0.159. The molecule has 3 aromatic rings. The molecule has 0 aliphatic heterocycles. The highest BCUT2D eigenvalue weighted by molar-refractivity contribution is 6.04. The maximum atomic E-state index is 12.9. The van der Waals surface area contributed by atoms with Gasteiger partial charge in [0.15, 0.2) is 6.10 Å². The minimum atomic E-state index is -0.703. The molecule has 33 heavy (non-hydrogen) atoms. The molecule has 0 saturated heterocycles. The number of ether oxygens (including phenoxy) is 1. The Morgan fingerprint density at radius 2 is 1.55 bits per heavy atom. The van der Waals surface area contributed by atoms with E-state index in [1.807, 2.05) is 49.4 Å². The lowest BCUT2D eigenvalue weighted by atomic mass is 9.92. The van der Waals surface area contributed by atoms with E-state index in [-0.39, 0.29) is 17.9 Å². The van der Waals surface area contributed by atoms with Crippen LogP contribution in [0.3, 0.4) is 0 Å². The summed E-state index contributed by atoms with van der Waals surface area (Å²) in [6, 6.07) is 22.7. The van der Waals surface area contributed by atoms with Gasteiger partial charge in [-0.2, -0.15) is 0 Å². The highest BCUT2D eigenvalue weighted by atomic mass is 16.5. The maximum absolute atomic E-state index is 12.9. The van der Waals surface area contributed by atoms with Crippen molar-refractivity contribution in [3.63, 3.8) is 0 Å². The molecule has 5 heteroatoms. The van der Waals surface area contributed by atoms with Crippen LogP contribution in [0, 0.1) is 0 Å². The van der Waals surface area contributed by atoms with Crippen LogP contribution in [0.2, 0.25) is 0 Å². The van der Waals surface area contributed by atoms with Crippen molar-refractivity contribution in [1.82, 2.24) is 5.32 Å². The van der Waals surface area contributed by atoms with Gasteiger partial charge in [-0.05, 0) is 80.5 Å². The zero-order chi connectivity index (χ0) is 23.2. The first kappa shape index (κ1) is 22.6. The van der Waals surface area contributed by atoms with Crippen molar-refractivity contribution in [2.75, 3.05) is 5.32 Å². The molecule has 4 rings (SSSR count). The van der Waals surface area contributed by atoms with E-state index in [2.05, 4.69) is 16.7 Å². The Bertz CT molecular complexity index is 1130. The average Bonchev–Trinajstić information content (AvgIpc) is 2.84. The molecule has 0 heterocycles. The number of benzene rings is 3. The van der Waals surface area contributed by atoms with E-state index in [0.717, 1.165) is 18.4 Å². The summed E-state index contributed by atoms with van der Waals surface area (Å²) in [4.78, 5) is 25.8. The van der Waals surface area contributed by atoms with Gasteiger partial charge in [0.05, 0.1) is 17.3 Å². The van der Waals surface area contributed by atoms with Gasteiger partial charge in [-0.1, -0.05) is 48.5 Å². The maximum Gasteiger partial charge on any atom is 0.265 e. The van der Waals surface area contributed by atoms with Crippen LogP contribution in [0.5, 0.6) is 5.75 Å². The molecule has 0 saturated carbocycles. The summed E-state index contributed by atoms with van der Waals surface area (Å²) < 4.78 is 5.92. The Morgan fingerprint density at radius 3 is 2.33 bits per heavy atom. The van der Waals surface area contributed by atoms with E-state index in [1.54, 1.807) is 31.2 Å². The molecule has 0 radical (unpaired) electrons. The summed E-state index contributed by atoms with van der Waals surface area (Å²) in [5.74, 6) is 0.149. The van der Waals surface area contributed by atoms with Crippen molar-refractivity contribution >= 4 is 17.5 Å². The highest BCUT2D eigenvalue weighted by Gasteiger charge is 2.20. The van der Waals surface area contributed by atoms with Crippen LogP contribution in [-0.4, -0.2) is 17.9 Å². The van der Waals surface area contributed by atoms with Gasteiger partial charge in [0, 0.05) is 0 Å². The van der Waals surface area contributed by atoms with Crippen LogP contribution in [-0.2, 0) is 17.6 Å². The van der Waals surface area contributed by atoms with Gasteiger partial charge >= 0.3 is 0 Å². The minimum Gasteiger partial charge on any atom is -0.481 e. The fourth-order valence-corrected chi connectivity index (χ4v) is 4.16. The fourth-order valence-electron chi connectivity index (χ4n) is 4.16. The summed E-state index contributed by atoms with van der Waals surface area (Å²) in [5, 5.41) is 5.86. The van der Waals surface area contributed by atoms with Gasteiger partial charge in [-0.3, -0.25) is 9.59 Å². The molecular formula is C28H30N2O3. The lowest BCUT2D eigenvalue weighted by Crippen LogP contribution is -2.32. The third kappa shape index (κ3) is 5.61. The van der Waals surface area contributed by atoms with Gasteiger partial charge < -0.3 is 15.4 Å². The van der Waals surface area contributed by atoms with Crippen LogP contribution >= 0.6 is 0 Å². The van der Waals surface area contributed by atoms with E-state index in [1.165, 1.54) is 24.0 Å². The molecule has 0 fully saturated rings. The zero-order valence-corrected chi connectivity index (χ0v) is 19.1. The van der Waals surface area contributed by atoms with Crippen molar-refractivity contribution in [1.29, 1.82) is 0 Å². The topological polar surface area (TPSA) is 67.4 Å². The quantitative estimate of drug-likeness (QED) is 0.510. The first-order chi connectivity index (χ1) is 16.0. The fraction of sp³-hybridized carbons (Fsp3) is 0.286. The monoisotopic (exact) mass is 442 g/mol. The number of aryl methyl sites for hydroxylation is 2. The van der Waals surface area contributed by atoms with Crippen molar-refractivity contribution < 1.29 is 14.3 Å². The number of rotatable bonds is 7. The van der Waals surface area contributed by atoms with Gasteiger partial charge in [-0.25, -0.2) is 0 Å². The van der Waals surface area contributed by atoms with Gasteiger partial charge in [-0.15, -0.1) is 0 Å². The van der Waals surface area contributed by atoms with Crippen LogP contribution in [0.4, 0.5) is 5.69 Å². The van der Waals surface area contributed by atoms with Crippen LogP contribution in [0.15, 0.2) is 72.8 Å². The van der Waals surface area contributed by atoms with Gasteiger partial charge in [0.1, 0.15) is 5.75 Å². The number of carbonyl (C=O) groups is 2. The molecule has 0 unspecified atom stereocenters. The van der Waals surface area contributed by atoms with Crippen LogP contribution in [0.25, 0.3) is 0 Å². The van der Waals surface area contributed by atoms with Crippen molar-refractivity contribution in [2.45, 2.75) is 51.7 Å². The average molecular weight is 443 g/mol. The molecule has 0 aromatic heterocycles. The van der Waals surface area contributed by atoms with Crippen molar-refractivity contribution in [2.24, 2.45) is 0 Å². The van der Waals surface area contributed by atoms with E-state index < -0.39 is 6.10 Å². The van der Waals surface area contributed by atoms with Crippen LogP contribution in [0.1, 0.15) is 59.8 Å². The lowest BCUT2D eigenvalue weighted by Gasteiger charge is -2.20. The molecule has 1 aliphatic carbocycles. The second-order valence-corrected chi connectivity index (χ2v) is 8.54. The molecule has 0 spiro atoms. The highest BCUT2D eigenvalue weighted by Crippen LogP contribution is 2.26. The number of hydrogen-bond acceptors (Lipinski definition) is 3. The molecule has 5 nitrogen and oxygen atoms in total. The summed E-state index contributed by atoms with van der Waals surface area (Å²) in [6.07, 6.45) is 3.87. The Kier molecular flexibility index (Phi) is 7.08. The van der Waals surface area contributed by atoms with Crippen LogP contribution < -0.4 is 15.4 Å². The van der Waals surface area contributed by atoms with E-state index in [0.29, 0.717) is 17.0 Å².